The van der Waals surface area contributed by atoms with Crippen molar-refractivity contribution in [2.24, 2.45) is 0 Å². The van der Waals surface area contributed by atoms with E-state index in [0.717, 1.165) is 117 Å². The van der Waals surface area contributed by atoms with Crippen LogP contribution in [0.1, 0.15) is 79.0 Å². The fourth-order valence-corrected chi connectivity index (χ4v) is 12.6. The molecule has 452 valence electrons. The van der Waals surface area contributed by atoms with Crippen LogP contribution in [0.25, 0.3) is 94.4 Å². The van der Waals surface area contributed by atoms with E-state index >= 15 is 4.39 Å². The Morgan fingerprint density at radius 1 is 0.407 bits per heavy atom. The van der Waals surface area contributed by atoms with Crippen LogP contribution in [0.2, 0.25) is 0 Å². The molecule has 1 aliphatic rings. The Hall–Kier alpha value is -9.61. The van der Waals surface area contributed by atoms with Gasteiger partial charge in [0.25, 0.3) is 0 Å². The largest absolute Gasteiger partial charge is 0.509 e. The third kappa shape index (κ3) is 11.7. The number of para-hydroxylation sites is 3. The summed E-state index contributed by atoms with van der Waals surface area (Å²) in [7, 11) is 0. The summed E-state index contributed by atoms with van der Waals surface area (Å²) in [6.07, 6.45) is 1.90. The van der Waals surface area contributed by atoms with Gasteiger partial charge in [-0.15, -0.1) is 53.6 Å². The van der Waals surface area contributed by atoms with Crippen molar-refractivity contribution < 1.29 is 30.2 Å². The van der Waals surface area contributed by atoms with Crippen molar-refractivity contribution in [3.8, 4) is 84.1 Å². The van der Waals surface area contributed by atoms with Crippen molar-refractivity contribution in [2.75, 3.05) is 9.80 Å². The summed E-state index contributed by atoms with van der Waals surface area (Å²) in [5, 5.41) is 2.15. The topological polar surface area (TPSA) is 33.5 Å². The van der Waals surface area contributed by atoms with Gasteiger partial charge in [-0.3, -0.25) is 0 Å². The molecular formula is C84H70FN4OPt-3. The van der Waals surface area contributed by atoms with E-state index in [0.29, 0.717) is 11.5 Å². The number of aromatic nitrogens is 2. The Bertz CT molecular complexity index is 4750. The molecule has 0 saturated heterocycles. The van der Waals surface area contributed by atoms with Crippen LogP contribution in [0.5, 0.6) is 11.5 Å². The third-order valence-corrected chi connectivity index (χ3v) is 17.5. The van der Waals surface area contributed by atoms with Crippen molar-refractivity contribution in [3.63, 3.8) is 0 Å². The Balaban J connectivity index is 0.00000758. The van der Waals surface area contributed by atoms with Crippen molar-refractivity contribution in [1.29, 1.82) is 0 Å². The van der Waals surface area contributed by atoms with E-state index in [1.807, 2.05) is 24.4 Å². The van der Waals surface area contributed by atoms with Gasteiger partial charge in [0.2, 0.25) is 0 Å². The number of hydrogen-bond acceptors (Lipinski definition) is 4. The average molecular weight is 1370 g/mol. The van der Waals surface area contributed by atoms with Gasteiger partial charge in [0.1, 0.15) is 11.6 Å². The minimum atomic E-state index is -0.294. The number of halogens is 1. The molecule has 13 aromatic rings. The maximum Gasteiger partial charge on any atom is 0.135 e. The molecule has 0 fully saturated rings. The molecule has 7 heteroatoms. The number of hydrogen-bond donors (Lipinski definition) is 0. The van der Waals surface area contributed by atoms with Crippen molar-refractivity contribution >= 4 is 44.6 Å². The first-order valence-corrected chi connectivity index (χ1v) is 31.0. The van der Waals surface area contributed by atoms with Gasteiger partial charge in [-0.25, -0.2) is 9.37 Å². The van der Waals surface area contributed by atoms with E-state index in [1.165, 1.54) is 16.7 Å². The molecule has 0 aliphatic carbocycles. The van der Waals surface area contributed by atoms with Gasteiger partial charge in [0, 0.05) is 72.5 Å². The SMILES string of the molecule is CC(C)(C)c1cc(-c2cc(-c3ccccc3)cc(-c3ccc(F)cc3)c2N2[CH-]N(c3[c-]c(Oc4[c-]c5c(cc4)c4ccccc4n5-c4cc(C(C)(C)C)ccn4)cc(-c4c(-c5ccccc5)cccc4-c4ccccc4)c3)c3ccccc32)cc(C(C)(C)C)c1.[Pt]. The van der Waals surface area contributed by atoms with Crippen LogP contribution < -0.4 is 14.5 Å². The van der Waals surface area contributed by atoms with E-state index in [-0.39, 0.29) is 43.1 Å². The summed E-state index contributed by atoms with van der Waals surface area (Å²) < 4.78 is 24.7. The summed E-state index contributed by atoms with van der Waals surface area (Å²) in [5.41, 5.74) is 21.2. The number of rotatable bonds is 11. The molecule has 0 atom stereocenters. The Morgan fingerprint density at radius 2 is 0.956 bits per heavy atom. The van der Waals surface area contributed by atoms with Crippen molar-refractivity contribution in [3.05, 3.63) is 296 Å². The van der Waals surface area contributed by atoms with Crippen LogP contribution >= 0.6 is 0 Å². The summed E-state index contributed by atoms with van der Waals surface area (Å²) >= 11 is 0. The zero-order valence-corrected chi connectivity index (χ0v) is 55.0. The fourth-order valence-electron chi connectivity index (χ4n) is 12.6. The zero-order chi connectivity index (χ0) is 62.1. The van der Waals surface area contributed by atoms with Crippen molar-refractivity contribution in [2.45, 2.75) is 78.6 Å². The molecule has 3 heterocycles. The predicted molar refractivity (Wildman–Crippen MR) is 373 cm³/mol. The predicted octanol–water partition coefficient (Wildman–Crippen LogP) is 23.0. The molecule has 14 rings (SSSR count). The van der Waals surface area contributed by atoms with E-state index in [1.54, 1.807) is 12.1 Å². The van der Waals surface area contributed by atoms with Gasteiger partial charge in [0.05, 0.1) is 0 Å². The maximum absolute atomic E-state index is 15.2. The second-order valence-electron chi connectivity index (χ2n) is 26.7. The standard InChI is InChI=1S/C84H70FN4O.Pt/c1-82(2,3)62-42-43-86-79(51-62)89-75-33-20-19-30-71(75)72-41-40-67(53-78(72)89)90-68-47-61(80-69(56-26-15-11-16-27-56)31-23-32-70(80)57-28-17-12-18-29-57)46-66(52-68)87-54-88(77-35-22-21-34-76(77)87)81-73(58-36-38-65(85)39-37-58)48-59(55-24-13-10-14-25-55)49-74(81)60-44-63(83(4,5)6)50-64(45-60)84(7,8)9;/h10-51,54H,1-9H3;/q-3;. The number of pyridine rings is 1. The first kappa shape index (κ1) is 60.3. The minimum Gasteiger partial charge on any atom is -0.509 e. The van der Waals surface area contributed by atoms with Gasteiger partial charge >= 0.3 is 0 Å². The van der Waals surface area contributed by atoms with E-state index in [2.05, 4.69) is 314 Å². The second-order valence-corrected chi connectivity index (χ2v) is 26.7. The van der Waals surface area contributed by atoms with Crippen LogP contribution in [0.3, 0.4) is 0 Å². The molecule has 0 bridgehead atoms. The van der Waals surface area contributed by atoms with Gasteiger partial charge in [-0.05, 0) is 143 Å². The monoisotopic (exact) mass is 1360 g/mol. The molecule has 91 heavy (non-hydrogen) atoms. The average Bonchev–Trinajstić information content (AvgIpc) is 1.70. The van der Waals surface area contributed by atoms with Gasteiger partial charge in [-0.1, -0.05) is 238 Å². The van der Waals surface area contributed by atoms with Crippen molar-refractivity contribution in [1.82, 2.24) is 9.55 Å². The number of benzene rings is 11. The molecule has 0 unspecified atom stereocenters. The van der Waals surface area contributed by atoms with Crippen LogP contribution in [-0.4, -0.2) is 9.55 Å². The summed E-state index contributed by atoms with van der Waals surface area (Å²) in [5.74, 6) is 1.56. The number of ether oxygens (including phenoxy) is 1. The normalized spacial score (nSPS) is 12.5. The molecule has 0 amide bonds. The molecule has 11 aromatic carbocycles. The quantitative estimate of drug-likeness (QED) is 0.121. The molecule has 0 spiro atoms. The Kier molecular flexibility index (Phi) is 15.9. The number of fused-ring (bicyclic) bond motifs is 4. The third-order valence-electron chi connectivity index (χ3n) is 17.5. The van der Waals surface area contributed by atoms with Crippen LogP contribution in [-0.2, 0) is 37.3 Å². The van der Waals surface area contributed by atoms with E-state index < -0.39 is 0 Å². The molecule has 5 nitrogen and oxygen atoms in total. The molecule has 1 aliphatic heterocycles. The second kappa shape index (κ2) is 24.0. The van der Waals surface area contributed by atoms with Crippen LogP contribution in [0.4, 0.5) is 27.1 Å². The smallest absolute Gasteiger partial charge is 0.135 e. The van der Waals surface area contributed by atoms with E-state index in [4.69, 9.17) is 9.72 Å². The zero-order valence-electron chi connectivity index (χ0n) is 52.7. The molecule has 0 N–H and O–H groups in total. The molecule has 2 aromatic heterocycles. The molecule has 0 radical (unpaired) electrons. The minimum absolute atomic E-state index is 0. The first-order valence-electron chi connectivity index (χ1n) is 31.0. The summed E-state index contributed by atoms with van der Waals surface area (Å²) in [6, 6.07) is 94.6. The number of nitrogens with zero attached hydrogens (tertiary/aromatic N) is 4. The number of anilines is 4. The molecule has 0 saturated carbocycles. The first-order chi connectivity index (χ1) is 43.4. The van der Waals surface area contributed by atoms with Crippen LogP contribution in [0.15, 0.2) is 255 Å². The van der Waals surface area contributed by atoms with Crippen LogP contribution in [0, 0.1) is 24.6 Å². The molecular weight excluding hydrogens is 1300 g/mol. The summed E-state index contributed by atoms with van der Waals surface area (Å²) in [6.45, 7) is 22.6. The van der Waals surface area contributed by atoms with Gasteiger partial charge in [0.15, 0.2) is 0 Å². The fraction of sp³-hybridized carbons (Fsp3) is 0.143. The maximum atomic E-state index is 15.2. The Labute approximate surface area is 549 Å². The summed E-state index contributed by atoms with van der Waals surface area (Å²) in [4.78, 5) is 9.56. The van der Waals surface area contributed by atoms with Gasteiger partial charge < -0.3 is 19.1 Å². The van der Waals surface area contributed by atoms with Gasteiger partial charge in [-0.2, -0.15) is 6.07 Å². The van der Waals surface area contributed by atoms with E-state index in [9.17, 15) is 0 Å². The Morgan fingerprint density at radius 3 is 1.57 bits per heavy atom.